The van der Waals surface area contributed by atoms with Crippen LogP contribution in [-0.4, -0.2) is 47.6 Å². The summed E-state index contributed by atoms with van der Waals surface area (Å²) in [6, 6.07) is 17.5. The van der Waals surface area contributed by atoms with Crippen molar-refractivity contribution < 1.29 is 33.4 Å². The lowest BCUT2D eigenvalue weighted by Gasteiger charge is -2.18. The van der Waals surface area contributed by atoms with Crippen LogP contribution in [-0.2, 0) is 16.1 Å². The molecule has 9 heteroatoms. The lowest BCUT2D eigenvalue weighted by molar-refractivity contribution is -0.118. The summed E-state index contributed by atoms with van der Waals surface area (Å²) in [6.45, 7) is -0.603. The van der Waals surface area contributed by atoms with Gasteiger partial charge >= 0.3 is 5.97 Å². The average molecular weight is 470 g/mol. The molecule has 1 N–H and O–H groups in total. The molecule has 35 heavy (non-hydrogen) atoms. The summed E-state index contributed by atoms with van der Waals surface area (Å²) >= 11 is 0. The molecule has 0 spiro atoms. The fourth-order valence-corrected chi connectivity index (χ4v) is 3.92. The third-order valence-electron chi connectivity index (χ3n) is 5.65. The molecule has 0 aromatic heterocycles. The van der Waals surface area contributed by atoms with Crippen LogP contribution in [0.2, 0.25) is 0 Å². The maximum Gasteiger partial charge on any atom is 0.338 e. The van der Waals surface area contributed by atoms with Crippen molar-refractivity contribution in [3.8, 4) is 5.75 Å². The highest BCUT2D eigenvalue weighted by Crippen LogP contribution is 2.29. The summed E-state index contributed by atoms with van der Waals surface area (Å²) in [4.78, 5) is 62.9. The number of imide groups is 1. The number of amides is 3. The minimum absolute atomic E-state index is 0.00465. The van der Waals surface area contributed by atoms with E-state index < -0.39 is 30.2 Å². The molecule has 0 bridgehead atoms. The van der Waals surface area contributed by atoms with Crippen molar-refractivity contribution in [2.24, 2.45) is 0 Å². The molecule has 0 unspecified atom stereocenters. The highest BCUT2D eigenvalue weighted by molar-refractivity contribution is 6.21. The SMILES string of the molecule is O=C1COc2ccc(C(=O)COC(=O)c3cccc(CN4C(=O)c5ccccc5C4=O)c3)cc2N1. The molecule has 0 saturated carbocycles. The van der Waals surface area contributed by atoms with Crippen molar-refractivity contribution in [3.05, 3.63) is 94.5 Å². The smallest absolute Gasteiger partial charge is 0.338 e. The number of hydrogen-bond acceptors (Lipinski definition) is 7. The normalized spacial score (nSPS) is 14.1. The topological polar surface area (TPSA) is 119 Å². The van der Waals surface area contributed by atoms with Gasteiger partial charge in [0, 0.05) is 5.56 Å². The summed E-state index contributed by atoms with van der Waals surface area (Å²) in [7, 11) is 0. The van der Waals surface area contributed by atoms with Crippen LogP contribution in [0.15, 0.2) is 66.7 Å². The number of rotatable bonds is 6. The molecule has 0 fully saturated rings. The van der Waals surface area contributed by atoms with Crippen molar-refractivity contribution in [1.29, 1.82) is 0 Å². The van der Waals surface area contributed by atoms with Crippen LogP contribution in [0.1, 0.15) is 47.0 Å². The van der Waals surface area contributed by atoms with Gasteiger partial charge in [0.25, 0.3) is 17.7 Å². The average Bonchev–Trinajstić information content (AvgIpc) is 3.11. The maximum atomic E-state index is 12.6. The summed E-state index contributed by atoms with van der Waals surface area (Å²) in [5, 5.41) is 2.62. The zero-order chi connectivity index (χ0) is 24.5. The molecular formula is C26H18N2O7. The summed E-state index contributed by atoms with van der Waals surface area (Å²) < 4.78 is 10.4. The first-order valence-electron chi connectivity index (χ1n) is 10.7. The van der Waals surface area contributed by atoms with Crippen LogP contribution in [0.3, 0.4) is 0 Å². The number of ether oxygens (including phenoxy) is 2. The first-order chi connectivity index (χ1) is 16.9. The Labute approximate surface area is 199 Å². The second-order valence-corrected chi connectivity index (χ2v) is 7.99. The molecule has 3 aromatic carbocycles. The van der Waals surface area contributed by atoms with Gasteiger partial charge < -0.3 is 14.8 Å². The van der Waals surface area contributed by atoms with E-state index in [0.29, 0.717) is 28.1 Å². The first-order valence-corrected chi connectivity index (χ1v) is 10.7. The molecular weight excluding hydrogens is 452 g/mol. The van der Waals surface area contributed by atoms with Crippen LogP contribution in [0.4, 0.5) is 5.69 Å². The lowest BCUT2D eigenvalue weighted by Crippen LogP contribution is -2.29. The standard InChI is InChI=1S/C26H18N2O7/c29-21(16-8-9-22-20(11-16)27-23(30)14-34-22)13-35-26(33)17-5-3-4-15(10-17)12-28-24(31)18-6-1-2-7-19(18)25(28)32/h1-11H,12-14H2,(H,27,30). The number of Topliss-reactive ketones (excluding diaryl/α,β-unsaturated/α-hetero) is 1. The third kappa shape index (κ3) is 4.26. The molecule has 0 atom stereocenters. The van der Waals surface area contributed by atoms with Gasteiger partial charge in [-0.1, -0.05) is 24.3 Å². The Morgan fingerprint density at radius 3 is 2.37 bits per heavy atom. The Morgan fingerprint density at radius 2 is 1.63 bits per heavy atom. The molecule has 2 heterocycles. The number of fused-ring (bicyclic) bond motifs is 2. The van der Waals surface area contributed by atoms with Crippen LogP contribution >= 0.6 is 0 Å². The molecule has 174 valence electrons. The highest BCUT2D eigenvalue weighted by atomic mass is 16.5. The van der Waals surface area contributed by atoms with Crippen LogP contribution in [0.5, 0.6) is 5.75 Å². The molecule has 0 aliphatic carbocycles. The number of carbonyl (C=O) groups excluding carboxylic acids is 5. The molecule has 3 aromatic rings. The Hall–Kier alpha value is -4.79. The number of ketones is 1. The van der Waals surface area contributed by atoms with Gasteiger partial charge in [-0.25, -0.2) is 4.79 Å². The fraction of sp³-hybridized carbons (Fsp3) is 0.115. The third-order valence-corrected chi connectivity index (χ3v) is 5.65. The van der Waals surface area contributed by atoms with E-state index in [9.17, 15) is 24.0 Å². The highest BCUT2D eigenvalue weighted by Gasteiger charge is 2.35. The van der Waals surface area contributed by atoms with Gasteiger partial charge in [0.2, 0.25) is 0 Å². The van der Waals surface area contributed by atoms with Crippen molar-refractivity contribution in [1.82, 2.24) is 4.90 Å². The van der Waals surface area contributed by atoms with E-state index in [-0.39, 0.29) is 30.2 Å². The van der Waals surface area contributed by atoms with Gasteiger partial charge in [-0.15, -0.1) is 0 Å². The number of esters is 1. The summed E-state index contributed by atoms with van der Waals surface area (Å²) in [5.74, 6) is -1.84. The van der Waals surface area contributed by atoms with E-state index in [1.807, 2.05) is 0 Å². The Bertz CT molecular complexity index is 1380. The van der Waals surface area contributed by atoms with Gasteiger partial charge in [0.1, 0.15) is 5.75 Å². The van der Waals surface area contributed by atoms with Crippen molar-refractivity contribution >= 4 is 35.2 Å². The minimum atomic E-state index is -0.725. The van der Waals surface area contributed by atoms with Crippen LogP contribution < -0.4 is 10.1 Å². The van der Waals surface area contributed by atoms with E-state index >= 15 is 0 Å². The largest absolute Gasteiger partial charge is 0.482 e. The Kier molecular flexibility index (Phi) is 5.58. The van der Waals surface area contributed by atoms with E-state index in [1.165, 1.54) is 24.3 Å². The molecule has 2 aliphatic rings. The van der Waals surface area contributed by atoms with Gasteiger partial charge in [-0.2, -0.15) is 0 Å². The first kappa shape index (κ1) is 22.0. The zero-order valence-corrected chi connectivity index (χ0v) is 18.3. The Morgan fingerprint density at radius 1 is 0.886 bits per heavy atom. The van der Waals surface area contributed by atoms with Gasteiger partial charge in [0.05, 0.1) is 28.9 Å². The number of nitrogens with zero attached hydrogens (tertiary/aromatic N) is 1. The van der Waals surface area contributed by atoms with E-state index in [0.717, 1.165) is 4.90 Å². The molecule has 5 rings (SSSR count). The number of hydrogen-bond donors (Lipinski definition) is 1. The van der Waals surface area contributed by atoms with E-state index in [2.05, 4.69) is 5.32 Å². The fourth-order valence-electron chi connectivity index (χ4n) is 3.92. The van der Waals surface area contributed by atoms with E-state index in [4.69, 9.17) is 9.47 Å². The quantitative estimate of drug-likeness (QED) is 0.334. The zero-order valence-electron chi connectivity index (χ0n) is 18.3. The lowest BCUT2D eigenvalue weighted by atomic mass is 10.1. The number of benzene rings is 3. The molecule has 0 saturated heterocycles. The number of nitrogens with one attached hydrogen (secondary N) is 1. The molecule has 2 aliphatic heterocycles. The Balaban J connectivity index is 1.23. The predicted molar refractivity (Wildman–Crippen MR) is 122 cm³/mol. The van der Waals surface area contributed by atoms with Gasteiger partial charge in [-0.3, -0.25) is 24.1 Å². The molecule has 3 amide bonds. The summed E-state index contributed by atoms with van der Waals surface area (Å²) in [5.41, 5.74) is 2.06. The van der Waals surface area contributed by atoms with Crippen molar-refractivity contribution in [3.63, 3.8) is 0 Å². The molecule has 9 nitrogen and oxygen atoms in total. The monoisotopic (exact) mass is 470 g/mol. The maximum absolute atomic E-state index is 12.6. The number of anilines is 1. The van der Waals surface area contributed by atoms with Crippen molar-refractivity contribution in [2.75, 3.05) is 18.5 Å². The van der Waals surface area contributed by atoms with Crippen molar-refractivity contribution in [2.45, 2.75) is 6.54 Å². The summed E-state index contributed by atoms with van der Waals surface area (Å²) in [6.07, 6.45) is 0. The number of carbonyl (C=O) groups is 5. The van der Waals surface area contributed by atoms with E-state index in [1.54, 1.807) is 42.5 Å². The predicted octanol–water partition coefficient (Wildman–Crippen LogP) is 2.85. The molecule has 0 radical (unpaired) electrons. The van der Waals surface area contributed by atoms with Gasteiger partial charge in [0.15, 0.2) is 19.0 Å². The minimum Gasteiger partial charge on any atom is -0.482 e. The second kappa shape index (κ2) is 8.86. The second-order valence-electron chi connectivity index (χ2n) is 7.99. The van der Waals surface area contributed by atoms with Crippen LogP contribution in [0.25, 0.3) is 0 Å². The van der Waals surface area contributed by atoms with Crippen LogP contribution in [0, 0.1) is 0 Å². The van der Waals surface area contributed by atoms with Gasteiger partial charge in [-0.05, 0) is 48.0 Å².